The number of aliphatic hydroxyl groups is 1. The zero-order valence-electron chi connectivity index (χ0n) is 20.0. The van der Waals surface area contributed by atoms with E-state index in [0.29, 0.717) is 24.1 Å². The maximum absolute atomic E-state index is 12.8. The summed E-state index contributed by atoms with van der Waals surface area (Å²) in [6.07, 6.45) is 7.83. The summed E-state index contributed by atoms with van der Waals surface area (Å²) in [6, 6.07) is 7.40. The minimum Gasteiger partial charge on any atom is -0.385 e. The van der Waals surface area contributed by atoms with Crippen LogP contribution in [-0.2, 0) is 15.4 Å². The second-order valence-corrected chi connectivity index (χ2v) is 13.4. The topological polar surface area (TPSA) is 136 Å². The van der Waals surface area contributed by atoms with Gasteiger partial charge in [0, 0.05) is 11.3 Å². The SMILES string of the molecule is CC1(C)CC=C(c2cc(C3(O)CC4CCC(C3)S4(=O)=O)ccc2NC(=O)c2ncc(C#N)[nH]2)CC1. The Morgan fingerprint density at radius 1 is 1.26 bits per heavy atom. The molecular weight excluding hydrogens is 464 g/mol. The molecule has 2 atom stereocenters. The maximum Gasteiger partial charge on any atom is 0.291 e. The Bertz CT molecular complexity index is 1350. The second kappa shape index (κ2) is 8.32. The van der Waals surface area contributed by atoms with Gasteiger partial charge in [0.1, 0.15) is 11.8 Å². The predicted molar refractivity (Wildman–Crippen MR) is 132 cm³/mol. The predicted octanol–water partition coefficient (Wildman–Crippen LogP) is 4.05. The van der Waals surface area contributed by atoms with Gasteiger partial charge in [-0.3, -0.25) is 4.79 Å². The Kier molecular flexibility index (Phi) is 5.65. The summed E-state index contributed by atoms with van der Waals surface area (Å²) in [5.41, 5.74) is 2.38. The molecule has 1 aliphatic carbocycles. The van der Waals surface area contributed by atoms with Gasteiger partial charge in [-0.25, -0.2) is 13.4 Å². The first-order chi connectivity index (χ1) is 16.5. The van der Waals surface area contributed by atoms with Gasteiger partial charge in [0.2, 0.25) is 0 Å². The number of amides is 1. The average Bonchev–Trinajstić information content (AvgIpc) is 3.33. The van der Waals surface area contributed by atoms with Crippen LogP contribution in [-0.4, -0.2) is 39.9 Å². The van der Waals surface area contributed by atoms with Crippen LogP contribution >= 0.6 is 0 Å². The summed E-state index contributed by atoms with van der Waals surface area (Å²) in [4.78, 5) is 19.5. The number of carbonyl (C=O) groups is 1. The van der Waals surface area contributed by atoms with Gasteiger partial charge in [-0.2, -0.15) is 5.26 Å². The van der Waals surface area contributed by atoms with Crippen molar-refractivity contribution < 1.29 is 18.3 Å². The minimum atomic E-state index is -3.17. The molecule has 2 fully saturated rings. The van der Waals surface area contributed by atoms with Gasteiger partial charge in [-0.05, 0) is 73.6 Å². The number of aromatic nitrogens is 2. The van der Waals surface area contributed by atoms with Crippen LogP contribution in [0.2, 0.25) is 0 Å². The van der Waals surface area contributed by atoms with Gasteiger partial charge >= 0.3 is 0 Å². The standard InChI is InChI=1S/C26H30N4O4S/c1-25(2)9-7-16(8-10-25)21-11-17(26(32)12-19-4-5-20(13-26)35(19,33)34)3-6-22(21)30-24(31)23-28-15-18(14-27)29-23/h3,6-7,11,15,19-20,32H,4-5,8-10,12-13H2,1-2H3,(H,28,29)(H,30,31). The molecular formula is C26H30N4O4S. The van der Waals surface area contributed by atoms with Crippen molar-refractivity contribution in [2.75, 3.05) is 5.32 Å². The molecule has 2 saturated heterocycles. The normalized spacial score (nSPS) is 28.7. The van der Waals surface area contributed by atoms with Crippen LogP contribution in [0.3, 0.4) is 0 Å². The van der Waals surface area contributed by atoms with Gasteiger partial charge in [0.05, 0.1) is 22.3 Å². The van der Waals surface area contributed by atoms with E-state index in [4.69, 9.17) is 5.26 Å². The van der Waals surface area contributed by atoms with Crippen LogP contribution in [0.15, 0.2) is 30.5 Å². The lowest BCUT2D eigenvalue weighted by molar-refractivity contribution is 0.0173. The molecule has 3 heterocycles. The largest absolute Gasteiger partial charge is 0.385 e. The fourth-order valence-corrected chi connectivity index (χ4v) is 8.18. The molecule has 3 aliphatic rings. The molecule has 9 heteroatoms. The molecule has 0 radical (unpaired) electrons. The fourth-order valence-electron chi connectivity index (χ4n) is 5.69. The second-order valence-electron chi connectivity index (χ2n) is 10.9. The number of H-pyrrole nitrogens is 1. The molecule has 2 aromatic rings. The average molecular weight is 495 g/mol. The van der Waals surface area contributed by atoms with Gasteiger partial charge in [0.25, 0.3) is 5.91 Å². The fraction of sp³-hybridized carbons (Fsp3) is 0.500. The van der Waals surface area contributed by atoms with Crippen molar-refractivity contribution in [1.29, 1.82) is 5.26 Å². The summed E-state index contributed by atoms with van der Waals surface area (Å²) in [5, 5.41) is 22.5. The number of sulfone groups is 1. The molecule has 0 spiro atoms. The van der Waals surface area contributed by atoms with Gasteiger partial charge in [-0.1, -0.05) is 26.0 Å². The number of imidazole rings is 1. The number of hydrogen-bond acceptors (Lipinski definition) is 6. The molecule has 184 valence electrons. The van der Waals surface area contributed by atoms with Crippen molar-refractivity contribution in [1.82, 2.24) is 9.97 Å². The van der Waals surface area contributed by atoms with E-state index in [1.54, 1.807) is 12.1 Å². The highest BCUT2D eigenvalue weighted by Crippen LogP contribution is 2.49. The van der Waals surface area contributed by atoms with Crippen LogP contribution in [0.4, 0.5) is 5.69 Å². The number of carbonyl (C=O) groups excluding carboxylic acids is 1. The first-order valence-corrected chi connectivity index (χ1v) is 13.7. The number of aromatic amines is 1. The number of hydrogen-bond donors (Lipinski definition) is 3. The first-order valence-electron chi connectivity index (χ1n) is 12.1. The number of nitriles is 1. The van der Waals surface area contributed by atoms with E-state index in [0.717, 1.165) is 30.4 Å². The Balaban J connectivity index is 1.51. The van der Waals surface area contributed by atoms with E-state index in [-0.39, 0.29) is 29.8 Å². The lowest BCUT2D eigenvalue weighted by atomic mass is 9.76. The van der Waals surface area contributed by atoms with Gasteiger partial charge in [0.15, 0.2) is 15.7 Å². The lowest BCUT2D eigenvalue weighted by Gasteiger charge is -2.37. The van der Waals surface area contributed by atoms with E-state index in [9.17, 15) is 18.3 Å². The molecule has 2 aliphatic heterocycles. The highest BCUT2D eigenvalue weighted by Gasteiger charge is 2.53. The zero-order chi connectivity index (χ0) is 25.0. The van der Waals surface area contributed by atoms with Crippen LogP contribution in [0.1, 0.15) is 86.2 Å². The summed E-state index contributed by atoms with van der Waals surface area (Å²) >= 11 is 0. The van der Waals surface area contributed by atoms with Crippen molar-refractivity contribution in [3.8, 4) is 6.07 Å². The number of nitrogens with one attached hydrogen (secondary N) is 2. The van der Waals surface area contributed by atoms with Crippen LogP contribution in [0.5, 0.6) is 0 Å². The number of anilines is 1. The molecule has 3 N–H and O–H groups in total. The summed E-state index contributed by atoms with van der Waals surface area (Å²) in [6.45, 7) is 4.45. The van der Waals surface area contributed by atoms with E-state index in [2.05, 4.69) is 35.2 Å². The van der Waals surface area contributed by atoms with Crippen molar-refractivity contribution in [3.63, 3.8) is 0 Å². The molecule has 5 rings (SSSR count). The van der Waals surface area contributed by atoms with Gasteiger partial charge in [-0.15, -0.1) is 0 Å². The third kappa shape index (κ3) is 4.30. The Hall–Kier alpha value is -2.96. The Labute approximate surface area is 205 Å². The maximum atomic E-state index is 12.8. The molecule has 2 bridgehead atoms. The summed E-state index contributed by atoms with van der Waals surface area (Å²) in [5.74, 6) is -0.416. The zero-order valence-corrected chi connectivity index (χ0v) is 20.8. The van der Waals surface area contributed by atoms with E-state index >= 15 is 0 Å². The van der Waals surface area contributed by atoms with Crippen molar-refractivity contribution in [2.24, 2.45) is 5.41 Å². The van der Waals surface area contributed by atoms with E-state index < -0.39 is 31.8 Å². The first kappa shape index (κ1) is 23.8. The minimum absolute atomic E-state index is 0.0445. The summed E-state index contributed by atoms with van der Waals surface area (Å²) < 4.78 is 25.2. The third-order valence-corrected chi connectivity index (χ3v) is 10.6. The number of allylic oxidation sites excluding steroid dienone is 2. The van der Waals surface area contributed by atoms with Crippen molar-refractivity contribution >= 4 is 27.0 Å². The molecule has 1 aromatic heterocycles. The van der Waals surface area contributed by atoms with Gasteiger partial charge < -0.3 is 15.4 Å². The number of benzene rings is 1. The number of rotatable bonds is 4. The molecule has 0 saturated carbocycles. The Morgan fingerprint density at radius 3 is 2.57 bits per heavy atom. The van der Waals surface area contributed by atoms with Crippen molar-refractivity contribution in [3.05, 3.63) is 53.1 Å². The van der Waals surface area contributed by atoms with E-state index in [1.807, 2.05) is 12.1 Å². The van der Waals surface area contributed by atoms with Crippen LogP contribution < -0.4 is 5.32 Å². The van der Waals surface area contributed by atoms with E-state index in [1.165, 1.54) is 6.20 Å². The Morgan fingerprint density at radius 2 is 1.97 bits per heavy atom. The summed E-state index contributed by atoms with van der Waals surface area (Å²) in [7, 11) is -3.17. The molecule has 2 unspecified atom stereocenters. The number of fused-ring (bicyclic) bond motifs is 2. The lowest BCUT2D eigenvalue weighted by Crippen LogP contribution is -2.43. The van der Waals surface area contributed by atoms with Crippen molar-refractivity contribution in [2.45, 2.75) is 74.9 Å². The molecule has 35 heavy (non-hydrogen) atoms. The highest BCUT2D eigenvalue weighted by atomic mass is 32.2. The monoisotopic (exact) mass is 494 g/mol. The molecule has 8 nitrogen and oxygen atoms in total. The smallest absolute Gasteiger partial charge is 0.291 e. The van der Waals surface area contributed by atoms with Crippen LogP contribution in [0, 0.1) is 16.7 Å². The molecule has 1 amide bonds. The molecule has 1 aromatic carbocycles. The number of nitrogens with zero attached hydrogens (tertiary/aromatic N) is 2. The third-order valence-electron chi connectivity index (χ3n) is 7.91. The van der Waals surface area contributed by atoms with Crippen LogP contribution in [0.25, 0.3) is 5.57 Å². The quantitative estimate of drug-likeness (QED) is 0.587. The highest BCUT2D eigenvalue weighted by molar-refractivity contribution is 7.93.